The van der Waals surface area contributed by atoms with Gasteiger partial charge in [-0.05, 0) is 17.7 Å². The second-order valence-corrected chi connectivity index (χ2v) is 3.46. The van der Waals surface area contributed by atoms with E-state index in [1.807, 2.05) is 18.2 Å². The molecule has 0 spiro atoms. The van der Waals surface area contributed by atoms with Gasteiger partial charge >= 0.3 is 0 Å². The third kappa shape index (κ3) is 4.10. The number of benzene rings is 1. The average Bonchev–Trinajstić information content (AvgIpc) is 2.34. The van der Waals surface area contributed by atoms with Crippen molar-refractivity contribution in [3.63, 3.8) is 0 Å². The Bertz CT molecular complexity index is 438. The third-order valence-corrected chi connectivity index (χ3v) is 2.16. The lowest BCUT2D eigenvalue weighted by Gasteiger charge is -2.03. The van der Waals surface area contributed by atoms with Gasteiger partial charge in [0.15, 0.2) is 6.29 Å². The molecule has 1 amide bonds. The van der Waals surface area contributed by atoms with Crippen LogP contribution in [0.2, 0.25) is 0 Å². The van der Waals surface area contributed by atoms with Crippen LogP contribution in [0.4, 0.5) is 0 Å². The van der Waals surface area contributed by atoms with Crippen LogP contribution in [0.15, 0.2) is 24.3 Å². The Hall–Kier alpha value is -2.10. The first-order valence-corrected chi connectivity index (χ1v) is 5.21. The molecule has 0 aromatic heterocycles. The van der Waals surface area contributed by atoms with E-state index >= 15 is 0 Å². The summed E-state index contributed by atoms with van der Waals surface area (Å²) in [5.74, 6) is 0.483. The van der Waals surface area contributed by atoms with Gasteiger partial charge in [-0.15, -0.1) is 0 Å². The van der Waals surface area contributed by atoms with E-state index in [2.05, 4.69) is 5.32 Å². The van der Waals surface area contributed by atoms with Crippen LogP contribution in [0.25, 0.3) is 6.08 Å². The number of hydrogen-bond acceptors (Lipinski definition) is 3. The Morgan fingerprint density at radius 3 is 2.82 bits per heavy atom. The Labute approximate surface area is 100 Å². The summed E-state index contributed by atoms with van der Waals surface area (Å²) < 4.78 is 5.04. The van der Waals surface area contributed by atoms with Crippen LogP contribution in [-0.4, -0.2) is 25.8 Å². The Morgan fingerprint density at radius 1 is 1.47 bits per heavy atom. The number of methoxy groups -OCH3 is 1. The second-order valence-electron chi connectivity index (χ2n) is 3.46. The average molecular weight is 233 g/mol. The van der Waals surface area contributed by atoms with Gasteiger partial charge in [-0.25, -0.2) is 0 Å². The number of hydrogen-bond donors (Lipinski definition) is 1. The van der Waals surface area contributed by atoms with Crippen molar-refractivity contribution in [3.05, 3.63) is 35.4 Å². The molecule has 0 aliphatic carbocycles. The molecular formula is C13H15NO3. The molecule has 0 aliphatic heterocycles. The minimum Gasteiger partial charge on any atom is -0.496 e. The van der Waals surface area contributed by atoms with Gasteiger partial charge in [0, 0.05) is 13.5 Å². The highest BCUT2D eigenvalue weighted by atomic mass is 16.5. The molecule has 1 aromatic rings. The monoisotopic (exact) mass is 233 g/mol. The normalized spacial score (nSPS) is 10.2. The van der Waals surface area contributed by atoms with Gasteiger partial charge < -0.3 is 10.1 Å². The molecule has 17 heavy (non-hydrogen) atoms. The largest absolute Gasteiger partial charge is 0.496 e. The van der Waals surface area contributed by atoms with Gasteiger partial charge in [0.05, 0.1) is 12.7 Å². The van der Waals surface area contributed by atoms with Gasteiger partial charge in [-0.3, -0.25) is 9.59 Å². The summed E-state index contributed by atoms with van der Waals surface area (Å²) in [6, 6.07) is 5.31. The van der Waals surface area contributed by atoms with Crippen molar-refractivity contribution < 1.29 is 14.3 Å². The SMILES string of the molecule is COc1ccc(C=CCNC(C)=O)cc1C=O. The molecule has 0 fully saturated rings. The zero-order valence-corrected chi connectivity index (χ0v) is 9.90. The highest BCUT2D eigenvalue weighted by Crippen LogP contribution is 2.18. The zero-order valence-electron chi connectivity index (χ0n) is 9.90. The van der Waals surface area contributed by atoms with Gasteiger partial charge in [-0.1, -0.05) is 18.2 Å². The summed E-state index contributed by atoms with van der Waals surface area (Å²) in [4.78, 5) is 21.4. The van der Waals surface area contributed by atoms with E-state index in [-0.39, 0.29) is 5.91 Å². The van der Waals surface area contributed by atoms with Crippen molar-refractivity contribution in [1.29, 1.82) is 0 Å². The number of rotatable bonds is 5. The first-order chi connectivity index (χ1) is 8.17. The van der Waals surface area contributed by atoms with E-state index in [1.165, 1.54) is 14.0 Å². The molecule has 90 valence electrons. The summed E-state index contributed by atoms with van der Waals surface area (Å²) in [6.45, 7) is 1.93. The third-order valence-electron chi connectivity index (χ3n) is 2.16. The molecule has 0 radical (unpaired) electrons. The van der Waals surface area contributed by atoms with Crippen molar-refractivity contribution in [2.45, 2.75) is 6.92 Å². The van der Waals surface area contributed by atoms with Gasteiger partial charge in [0.2, 0.25) is 5.91 Å². The minimum atomic E-state index is -0.0713. The van der Waals surface area contributed by atoms with Crippen molar-refractivity contribution >= 4 is 18.3 Å². The molecule has 0 saturated heterocycles. The minimum absolute atomic E-state index is 0.0713. The van der Waals surface area contributed by atoms with E-state index in [1.54, 1.807) is 12.1 Å². The predicted octanol–water partition coefficient (Wildman–Crippen LogP) is 1.66. The smallest absolute Gasteiger partial charge is 0.217 e. The number of carbonyl (C=O) groups excluding carboxylic acids is 2. The van der Waals surface area contributed by atoms with Crippen LogP contribution >= 0.6 is 0 Å². The molecule has 0 atom stereocenters. The highest BCUT2D eigenvalue weighted by Gasteiger charge is 2.01. The fourth-order valence-corrected chi connectivity index (χ4v) is 1.35. The van der Waals surface area contributed by atoms with Gasteiger partial charge in [0.1, 0.15) is 5.75 Å². The summed E-state index contributed by atoms with van der Waals surface area (Å²) >= 11 is 0. The van der Waals surface area contributed by atoms with E-state index in [0.29, 0.717) is 17.9 Å². The summed E-state index contributed by atoms with van der Waals surface area (Å²) in [7, 11) is 1.52. The molecule has 1 rings (SSSR count). The maximum Gasteiger partial charge on any atom is 0.217 e. The predicted molar refractivity (Wildman–Crippen MR) is 66.1 cm³/mol. The Balaban J connectivity index is 2.72. The topological polar surface area (TPSA) is 55.4 Å². The number of carbonyl (C=O) groups is 2. The quantitative estimate of drug-likeness (QED) is 0.787. The van der Waals surface area contributed by atoms with Crippen LogP contribution in [0.1, 0.15) is 22.8 Å². The lowest BCUT2D eigenvalue weighted by molar-refractivity contribution is -0.118. The molecule has 0 heterocycles. The van der Waals surface area contributed by atoms with Crippen molar-refractivity contribution in [1.82, 2.24) is 5.32 Å². The highest BCUT2D eigenvalue weighted by molar-refractivity contribution is 5.80. The van der Waals surface area contributed by atoms with Crippen molar-refractivity contribution in [2.24, 2.45) is 0 Å². The summed E-state index contributed by atoms with van der Waals surface area (Å²) in [5, 5.41) is 2.65. The fourth-order valence-electron chi connectivity index (χ4n) is 1.35. The fraction of sp³-hybridized carbons (Fsp3) is 0.231. The second kappa shape index (κ2) is 6.48. The lowest BCUT2D eigenvalue weighted by atomic mass is 10.1. The Kier molecular flexibility index (Phi) is 4.94. The molecule has 0 aliphatic rings. The van der Waals surface area contributed by atoms with E-state index in [9.17, 15) is 9.59 Å². The van der Waals surface area contributed by atoms with Crippen LogP contribution in [0.3, 0.4) is 0 Å². The summed E-state index contributed by atoms with van der Waals surface area (Å²) in [6.07, 6.45) is 4.41. The molecule has 4 heteroatoms. The number of ether oxygens (including phenoxy) is 1. The standard InChI is InChI=1S/C13H15NO3/c1-10(16)14-7-3-4-11-5-6-13(17-2)12(8-11)9-15/h3-6,8-9H,7H2,1-2H3,(H,14,16). The molecule has 1 N–H and O–H groups in total. The summed E-state index contributed by atoms with van der Waals surface area (Å²) in [5.41, 5.74) is 1.40. The van der Waals surface area contributed by atoms with E-state index < -0.39 is 0 Å². The van der Waals surface area contributed by atoms with Crippen molar-refractivity contribution in [2.75, 3.05) is 13.7 Å². The first-order valence-electron chi connectivity index (χ1n) is 5.21. The van der Waals surface area contributed by atoms with Gasteiger partial charge in [0.25, 0.3) is 0 Å². The number of aldehydes is 1. The van der Waals surface area contributed by atoms with Crippen LogP contribution in [0.5, 0.6) is 5.75 Å². The molecule has 0 saturated carbocycles. The first kappa shape index (κ1) is 13.0. The zero-order chi connectivity index (χ0) is 12.7. The Morgan fingerprint density at radius 2 is 2.24 bits per heavy atom. The molecular weight excluding hydrogens is 218 g/mol. The van der Waals surface area contributed by atoms with E-state index in [4.69, 9.17) is 4.74 Å². The molecule has 4 nitrogen and oxygen atoms in total. The number of nitrogens with one attached hydrogen (secondary N) is 1. The van der Waals surface area contributed by atoms with E-state index in [0.717, 1.165) is 11.8 Å². The lowest BCUT2D eigenvalue weighted by Crippen LogP contribution is -2.19. The maximum absolute atomic E-state index is 10.8. The molecule has 0 unspecified atom stereocenters. The van der Waals surface area contributed by atoms with Crippen LogP contribution in [-0.2, 0) is 4.79 Å². The molecule has 0 bridgehead atoms. The van der Waals surface area contributed by atoms with Crippen molar-refractivity contribution in [3.8, 4) is 5.75 Å². The maximum atomic E-state index is 10.8. The van der Waals surface area contributed by atoms with Crippen LogP contribution < -0.4 is 10.1 Å². The number of amides is 1. The van der Waals surface area contributed by atoms with Gasteiger partial charge in [-0.2, -0.15) is 0 Å². The van der Waals surface area contributed by atoms with Crippen LogP contribution in [0, 0.1) is 0 Å². The molecule has 1 aromatic carbocycles.